The van der Waals surface area contributed by atoms with Gasteiger partial charge in [0.1, 0.15) is 0 Å². The van der Waals surface area contributed by atoms with E-state index in [2.05, 4.69) is 22.6 Å². The highest BCUT2D eigenvalue weighted by Gasteiger charge is 2.09. The predicted octanol–water partition coefficient (Wildman–Crippen LogP) is 1.81. The average Bonchev–Trinajstić information content (AvgIpc) is 1.87. The van der Waals surface area contributed by atoms with Crippen molar-refractivity contribution in [2.24, 2.45) is 0 Å². The van der Waals surface area contributed by atoms with E-state index in [1.54, 1.807) is 7.05 Å². The number of amides is 1. The normalized spacial score (nSPS) is 12.7. The number of carbonyl (C=O) groups is 1. The van der Waals surface area contributed by atoms with Crippen molar-refractivity contribution in [1.29, 1.82) is 0 Å². The molecule has 0 spiro atoms. The van der Waals surface area contributed by atoms with Crippen molar-refractivity contribution in [3.8, 4) is 0 Å². The van der Waals surface area contributed by atoms with Gasteiger partial charge in [0.05, 0.1) is 0 Å². The fraction of sp³-hybridized carbons (Fsp3) is 0.833. The van der Waals surface area contributed by atoms with E-state index in [9.17, 15) is 4.79 Å². The molecule has 0 fully saturated rings. The first kappa shape index (κ1) is 10.0. The van der Waals surface area contributed by atoms with Gasteiger partial charge in [-0.2, -0.15) is 0 Å². The Morgan fingerprint density at radius 1 is 1.80 bits per heavy atom. The second kappa shape index (κ2) is 4.76. The summed E-state index contributed by atoms with van der Waals surface area (Å²) >= 11 is 2.25. The van der Waals surface area contributed by atoms with Crippen molar-refractivity contribution >= 4 is 28.7 Å². The number of carboxylic acid groups (broad SMARTS) is 1. The summed E-state index contributed by atoms with van der Waals surface area (Å²) in [4.78, 5) is 11.6. The monoisotopic (exact) mass is 257 g/mol. The van der Waals surface area contributed by atoms with Gasteiger partial charge in [0.15, 0.2) is 0 Å². The molecule has 0 aliphatic rings. The van der Waals surface area contributed by atoms with Gasteiger partial charge in [-0.05, 0) is 6.42 Å². The van der Waals surface area contributed by atoms with Crippen molar-refractivity contribution in [3.05, 3.63) is 0 Å². The Balaban J connectivity index is 3.56. The number of rotatable bonds is 3. The van der Waals surface area contributed by atoms with Gasteiger partial charge in [-0.15, -0.1) is 0 Å². The van der Waals surface area contributed by atoms with Gasteiger partial charge in [0.25, 0.3) is 0 Å². The molecule has 0 aliphatic heterocycles. The van der Waals surface area contributed by atoms with Crippen molar-refractivity contribution in [1.82, 2.24) is 4.90 Å². The fourth-order valence-corrected chi connectivity index (χ4v) is 1.10. The zero-order chi connectivity index (χ0) is 8.15. The third-order valence-corrected chi connectivity index (χ3v) is 2.52. The van der Waals surface area contributed by atoms with Crippen LogP contribution in [0.4, 0.5) is 4.79 Å². The van der Waals surface area contributed by atoms with Crippen molar-refractivity contribution in [3.63, 3.8) is 0 Å². The van der Waals surface area contributed by atoms with Crippen LogP contribution in [0.15, 0.2) is 0 Å². The SMILES string of the molecule is CCC(I)CN(C)C(=O)O. The molecule has 0 aromatic heterocycles. The summed E-state index contributed by atoms with van der Waals surface area (Å²) in [5, 5.41) is 8.45. The van der Waals surface area contributed by atoms with Gasteiger partial charge >= 0.3 is 6.09 Å². The van der Waals surface area contributed by atoms with Crippen molar-refractivity contribution in [2.75, 3.05) is 13.6 Å². The Morgan fingerprint density at radius 2 is 2.30 bits per heavy atom. The molecule has 0 saturated heterocycles. The third kappa shape index (κ3) is 3.92. The summed E-state index contributed by atoms with van der Waals surface area (Å²) < 4.78 is 0.429. The summed E-state index contributed by atoms with van der Waals surface area (Å²) in [7, 11) is 1.59. The molecule has 1 N–H and O–H groups in total. The van der Waals surface area contributed by atoms with Crippen LogP contribution in [0.2, 0.25) is 0 Å². The highest BCUT2D eigenvalue weighted by molar-refractivity contribution is 14.1. The quantitative estimate of drug-likeness (QED) is 0.618. The van der Waals surface area contributed by atoms with Crippen LogP contribution in [0.1, 0.15) is 13.3 Å². The number of halogens is 1. The molecule has 1 unspecified atom stereocenters. The van der Waals surface area contributed by atoms with Crippen LogP contribution in [-0.2, 0) is 0 Å². The number of hydrogen-bond acceptors (Lipinski definition) is 1. The second-order valence-electron chi connectivity index (χ2n) is 2.17. The highest BCUT2D eigenvalue weighted by atomic mass is 127. The lowest BCUT2D eigenvalue weighted by atomic mass is 10.3. The zero-order valence-corrected chi connectivity index (χ0v) is 8.33. The lowest BCUT2D eigenvalue weighted by molar-refractivity contribution is 0.156. The molecule has 0 radical (unpaired) electrons. The number of alkyl halides is 1. The Hall–Kier alpha value is 0. The first-order chi connectivity index (χ1) is 4.57. The van der Waals surface area contributed by atoms with Gasteiger partial charge in [-0.3, -0.25) is 0 Å². The van der Waals surface area contributed by atoms with Gasteiger partial charge in [0.2, 0.25) is 0 Å². The average molecular weight is 257 g/mol. The minimum atomic E-state index is -0.852. The maximum absolute atomic E-state index is 10.3. The summed E-state index contributed by atoms with van der Waals surface area (Å²) in [6.07, 6.45) is 0.160. The number of hydrogen-bond donors (Lipinski definition) is 1. The number of nitrogens with zero attached hydrogens (tertiary/aromatic N) is 1. The lowest BCUT2D eigenvalue weighted by Gasteiger charge is -2.15. The molecule has 10 heavy (non-hydrogen) atoms. The van der Waals surface area contributed by atoms with Crippen LogP contribution in [0.5, 0.6) is 0 Å². The minimum absolute atomic E-state index is 0.429. The molecular weight excluding hydrogens is 245 g/mol. The second-order valence-corrected chi connectivity index (χ2v) is 3.93. The van der Waals surface area contributed by atoms with E-state index < -0.39 is 6.09 Å². The van der Waals surface area contributed by atoms with Crippen LogP contribution in [0.25, 0.3) is 0 Å². The fourth-order valence-electron chi connectivity index (χ4n) is 0.504. The predicted molar refractivity (Wildman–Crippen MR) is 48.8 cm³/mol. The molecule has 3 nitrogen and oxygen atoms in total. The van der Waals surface area contributed by atoms with Crippen LogP contribution in [0.3, 0.4) is 0 Å². The maximum atomic E-state index is 10.3. The maximum Gasteiger partial charge on any atom is 0.407 e. The van der Waals surface area contributed by atoms with E-state index in [0.717, 1.165) is 6.42 Å². The minimum Gasteiger partial charge on any atom is -0.465 e. The molecule has 0 aliphatic carbocycles. The molecule has 60 valence electrons. The van der Waals surface area contributed by atoms with Crippen LogP contribution in [0, 0.1) is 0 Å². The van der Waals surface area contributed by atoms with Gasteiger partial charge < -0.3 is 10.0 Å². The van der Waals surface area contributed by atoms with E-state index in [1.807, 2.05) is 6.92 Å². The van der Waals surface area contributed by atoms with Crippen LogP contribution < -0.4 is 0 Å². The van der Waals surface area contributed by atoms with Crippen LogP contribution in [-0.4, -0.2) is 33.6 Å². The zero-order valence-electron chi connectivity index (χ0n) is 6.17. The first-order valence-corrected chi connectivity index (χ1v) is 4.40. The molecule has 0 heterocycles. The molecule has 0 saturated carbocycles. The Labute approximate surface area is 74.5 Å². The van der Waals surface area contributed by atoms with E-state index in [4.69, 9.17) is 5.11 Å². The summed E-state index contributed by atoms with van der Waals surface area (Å²) in [5.41, 5.74) is 0. The molecule has 4 heteroatoms. The topological polar surface area (TPSA) is 40.5 Å². The summed E-state index contributed by atoms with van der Waals surface area (Å²) in [5.74, 6) is 0. The van der Waals surface area contributed by atoms with E-state index in [-0.39, 0.29) is 0 Å². The van der Waals surface area contributed by atoms with Crippen LogP contribution >= 0.6 is 22.6 Å². The van der Waals surface area contributed by atoms with Gasteiger partial charge in [0, 0.05) is 17.5 Å². The third-order valence-electron chi connectivity index (χ3n) is 1.24. The smallest absolute Gasteiger partial charge is 0.407 e. The largest absolute Gasteiger partial charge is 0.465 e. The van der Waals surface area contributed by atoms with E-state index in [1.165, 1.54) is 4.90 Å². The van der Waals surface area contributed by atoms with E-state index in [0.29, 0.717) is 10.5 Å². The molecule has 1 atom stereocenters. The molecule has 0 rings (SSSR count). The van der Waals surface area contributed by atoms with Gasteiger partial charge in [-0.1, -0.05) is 29.5 Å². The Bertz CT molecular complexity index is 118. The molecular formula is C6H12INO2. The Kier molecular flexibility index (Phi) is 4.76. The van der Waals surface area contributed by atoms with Crippen molar-refractivity contribution in [2.45, 2.75) is 17.3 Å². The molecule has 1 amide bonds. The standard InChI is InChI=1S/C6H12INO2/c1-3-5(7)4-8(2)6(9)10/h5H,3-4H2,1-2H3,(H,9,10). The van der Waals surface area contributed by atoms with Gasteiger partial charge in [-0.25, -0.2) is 4.79 Å². The highest BCUT2D eigenvalue weighted by Crippen LogP contribution is 2.06. The van der Waals surface area contributed by atoms with E-state index >= 15 is 0 Å². The summed E-state index contributed by atoms with van der Waals surface area (Å²) in [6, 6.07) is 0. The molecule has 0 aromatic rings. The van der Waals surface area contributed by atoms with Crippen molar-refractivity contribution < 1.29 is 9.90 Å². The molecule has 0 aromatic carbocycles. The first-order valence-electron chi connectivity index (χ1n) is 3.16. The Morgan fingerprint density at radius 3 is 2.60 bits per heavy atom. The summed E-state index contributed by atoms with van der Waals surface area (Å²) in [6.45, 7) is 2.67. The lowest BCUT2D eigenvalue weighted by Crippen LogP contribution is -2.30. The molecule has 0 bridgehead atoms.